The Labute approximate surface area is 191 Å². The summed E-state index contributed by atoms with van der Waals surface area (Å²) in [5, 5.41) is 1.06. The zero-order chi connectivity index (χ0) is 24.5. The Morgan fingerprint density at radius 1 is 0.824 bits per heavy atom. The van der Waals surface area contributed by atoms with Crippen molar-refractivity contribution in [1.82, 2.24) is 4.98 Å². The number of ether oxygens (including phenoxy) is 1. The molecular weight excluding hydrogens is 456 g/mol. The topological polar surface area (TPSA) is 22.1 Å². The standard InChI is InChI=1S/C26H19F6NO/c1-2-15-4-10-23(33-14-15)19-8-9-20-18(13-19)7-6-17(24(20)29)5-3-16-11-21(27)25(22(28)12-16)34-26(30,31)32/h4,6-14H,2-3,5H2,1H3. The molecule has 0 saturated carbocycles. The summed E-state index contributed by atoms with van der Waals surface area (Å²) in [6.07, 6.45) is -2.41. The fraction of sp³-hybridized carbons (Fsp3) is 0.192. The van der Waals surface area contributed by atoms with Crippen molar-refractivity contribution < 1.29 is 31.1 Å². The van der Waals surface area contributed by atoms with E-state index in [1.54, 1.807) is 30.5 Å². The molecule has 0 saturated heterocycles. The molecule has 4 aromatic rings. The smallest absolute Gasteiger partial charge is 0.399 e. The molecule has 176 valence electrons. The number of fused-ring (bicyclic) bond motifs is 1. The minimum absolute atomic E-state index is 0.0222. The van der Waals surface area contributed by atoms with Gasteiger partial charge in [0.2, 0.25) is 5.75 Å². The van der Waals surface area contributed by atoms with Gasteiger partial charge in [-0.05, 0) is 65.6 Å². The Kier molecular flexibility index (Phi) is 6.50. The van der Waals surface area contributed by atoms with Crippen LogP contribution in [0.4, 0.5) is 26.3 Å². The Hall–Kier alpha value is -3.55. The molecule has 0 fully saturated rings. The molecule has 0 spiro atoms. The van der Waals surface area contributed by atoms with Gasteiger partial charge in [-0.15, -0.1) is 13.2 Å². The third-order valence-corrected chi connectivity index (χ3v) is 5.52. The second-order valence-corrected chi connectivity index (χ2v) is 7.82. The van der Waals surface area contributed by atoms with Gasteiger partial charge in [-0.3, -0.25) is 4.98 Å². The molecule has 1 aromatic heterocycles. The normalized spacial score (nSPS) is 11.7. The SMILES string of the molecule is CCc1ccc(-c2ccc3c(F)c(CCc4cc(F)c(OC(F)(F)F)c(F)c4)ccc3c2)nc1. The molecule has 3 aromatic carbocycles. The summed E-state index contributed by atoms with van der Waals surface area (Å²) in [5.41, 5.74) is 3.13. The molecule has 0 unspecified atom stereocenters. The average Bonchev–Trinajstić information content (AvgIpc) is 2.80. The first-order valence-corrected chi connectivity index (χ1v) is 10.5. The van der Waals surface area contributed by atoms with E-state index < -0.39 is 29.6 Å². The monoisotopic (exact) mass is 475 g/mol. The minimum atomic E-state index is -5.22. The highest BCUT2D eigenvalue weighted by Crippen LogP contribution is 2.31. The lowest BCUT2D eigenvalue weighted by Crippen LogP contribution is -2.19. The summed E-state index contributed by atoms with van der Waals surface area (Å²) in [5.74, 6) is -4.92. The van der Waals surface area contributed by atoms with Crippen molar-refractivity contribution >= 4 is 10.8 Å². The highest BCUT2D eigenvalue weighted by atomic mass is 19.4. The first kappa shape index (κ1) is 23.6. The lowest BCUT2D eigenvalue weighted by atomic mass is 9.98. The van der Waals surface area contributed by atoms with E-state index in [0.717, 1.165) is 35.4 Å². The van der Waals surface area contributed by atoms with Crippen molar-refractivity contribution in [2.75, 3.05) is 0 Å². The molecule has 0 atom stereocenters. The fourth-order valence-corrected chi connectivity index (χ4v) is 3.74. The summed E-state index contributed by atoms with van der Waals surface area (Å²) < 4.78 is 83.2. The summed E-state index contributed by atoms with van der Waals surface area (Å²) in [7, 11) is 0. The number of aromatic nitrogens is 1. The van der Waals surface area contributed by atoms with Crippen LogP contribution in [0.2, 0.25) is 0 Å². The van der Waals surface area contributed by atoms with Gasteiger partial charge >= 0.3 is 6.36 Å². The lowest BCUT2D eigenvalue weighted by molar-refractivity contribution is -0.276. The van der Waals surface area contributed by atoms with Gasteiger partial charge in [-0.2, -0.15) is 0 Å². The van der Waals surface area contributed by atoms with Crippen molar-refractivity contribution in [3.8, 4) is 17.0 Å². The second-order valence-electron chi connectivity index (χ2n) is 7.82. The molecule has 1 heterocycles. The van der Waals surface area contributed by atoms with Crippen LogP contribution in [0.25, 0.3) is 22.0 Å². The highest BCUT2D eigenvalue weighted by molar-refractivity contribution is 5.88. The summed E-state index contributed by atoms with van der Waals surface area (Å²) in [4.78, 5) is 4.44. The van der Waals surface area contributed by atoms with Crippen LogP contribution in [0.5, 0.6) is 5.75 Å². The third-order valence-electron chi connectivity index (χ3n) is 5.52. The molecule has 2 nitrogen and oxygen atoms in total. The van der Waals surface area contributed by atoms with Crippen LogP contribution in [0.15, 0.2) is 60.8 Å². The number of nitrogens with zero attached hydrogens (tertiary/aromatic N) is 1. The van der Waals surface area contributed by atoms with Crippen molar-refractivity contribution in [3.63, 3.8) is 0 Å². The van der Waals surface area contributed by atoms with Gasteiger partial charge in [0.25, 0.3) is 0 Å². The molecule has 0 radical (unpaired) electrons. The zero-order valence-electron chi connectivity index (χ0n) is 18.0. The zero-order valence-corrected chi connectivity index (χ0v) is 18.0. The molecule has 0 aliphatic rings. The molecule has 4 rings (SSSR count). The quantitative estimate of drug-likeness (QED) is 0.269. The number of hydrogen-bond donors (Lipinski definition) is 0. The van der Waals surface area contributed by atoms with Crippen LogP contribution < -0.4 is 4.74 Å². The maximum atomic E-state index is 15.1. The molecule has 8 heteroatoms. The maximum absolute atomic E-state index is 15.1. The van der Waals surface area contributed by atoms with Gasteiger partial charge in [0.05, 0.1) is 5.69 Å². The fourth-order valence-electron chi connectivity index (χ4n) is 3.74. The largest absolute Gasteiger partial charge is 0.573 e. The van der Waals surface area contributed by atoms with Gasteiger partial charge < -0.3 is 4.74 Å². The Morgan fingerprint density at radius 3 is 2.18 bits per heavy atom. The van der Waals surface area contributed by atoms with Crippen molar-refractivity contribution in [2.24, 2.45) is 0 Å². The molecule has 0 amide bonds. The van der Waals surface area contributed by atoms with Gasteiger partial charge in [-0.25, -0.2) is 13.2 Å². The van der Waals surface area contributed by atoms with E-state index >= 15 is 4.39 Å². The third kappa shape index (κ3) is 5.16. The van der Waals surface area contributed by atoms with E-state index in [1.807, 2.05) is 25.1 Å². The Bertz CT molecular complexity index is 1310. The van der Waals surface area contributed by atoms with Crippen molar-refractivity contribution in [2.45, 2.75) is 32.5 Å². The second kappa shape index (κ2) is 9.37. The lowest BCUT2D eigenvalue weighted by Gasteiger charge is -2.12. The van der Waals surface area contributed by atoms with Crippen LogP contribution in [-0.4, -0.2) is 11.3 Å². The molecule has 0 aliphatic heterocycles. The van der Waals surface area contributed by atoms with Crippen LogP contribution >= 0.6 is 0 Å². The van der Waals surface area contributed by atoms with Crippen molar-refractivity contribution in [1.29, 1.82) is 0 Å². The number of hydrogen-bond acceptors (Lipinski definition) is 2. The number of rotatable bonds is 6. The van der Waals surface area contributed by atoms with Gasteiger partial charge in [0, 0.05) is 17.1 Å². The van der Waals surface area contributed by atoms with Crippen LogP contribution in [0.1, 0.15) is 23.6 Å². The minimum Gasteiger partial charge on any atom is -0.399 e. The number of pyridine rings is 1. The van der Waals surface area contributed by atoms with E-state index in [4.69, 9.17) is 0 Å². The van der Waals surface area contributed by atoms with Crippen LogP contribution in [0, 0.1) is 17.5 Å². The van der Waals surface area contributed by atoms with Crippen LogP contribution in [0.3, 0.4) is 0 Å². The van der Waals surface area contributed by atoms with E-state index in [0.29, 0.717) is 16.3 Å². The average molecular weight is 475 g/mol. The highest BCUT2D eigenvalue weighted by Gasteiger charge is 2.34. The van der Waals surface area contributed by atoms with E-state index in [-0.39, 0.29) is 18.4 Å². The molecular formula is C26H19F6NO. The van der Waals surface area contributed by atoms with Gasteiger partial charge in [0.1, 0.15) is 5.82 Å². The predicted molar refractivity (Wildman–Crippen MR) is 117 cm³/mol. The summed E-state index contributed by atoms with van der Waals surface area (Å²) >= 11 is 0. The summed E-state index contributed by atoms with van der Waals surface area (Å²) in [6, 6.07) is 14.0. The predicted octanol–water partition coefficient (Wildman–Crippen LogP) is 7.57. The van der Waals surface area contributed by atoms with Crippen LogP contribution in [-0.2, 0) is 19.3 Å². The number of aryl methyl sites for hydroxylation is 3. The van der Waals surface area contributed by atoms with Gasteiger partial charge in [0.15, 0.2) is 11.6 Å². The van der Waals surface area contributed by atoms with Crippen molar-refractivity contribution in [3.05, 3.63) is 94.9 Å². The van der Waals surface area contributed by atoms with E-state index in [2.05, 4.69) is 9.72 Å². The van der Waals surface area contributed by atoms with E-state index in [9.17, 15) is 22.0 Å². The molecule has 0 aliphatic carbocycles. The maximum Gasteiger partial charge on any atom is 0.573 e. The number of alkyl halides is 3. The van der Waals surface area contributed by atoms with Gasteiger partial charge in [-0.1, -0.05) is 37.3 Å². The first-order valence-electron chi connectivity index (χ1n) is 10.5. The Morgan fingerprint density at radius 2 is 1.56 bits per heavy atom. The molecule has 34 heavy (non-hydrogen) atoms. The van der Waals surface area contributed by atoms with E-state index in [1.165, 1.54) is 0 Å². The number of halogens is 6. The first-order chi connectivity index (χ1) is 16.1. The molecule has 0 N–H and O–H groups in total. The Balaban J connectivity index is 1.54. The number of benzene rings is 3. The molecule has 0 bridgehead atoms. The summed E-state index contributed by atoms with van der Waals surface area (Å²) in [6.45, 7) is 2.04.